The van der Waals surface area contributed by atoms with Gasteiger partial charge in [-0.15, -0.1) is 0 Å². The lowest BCUT2D eigenvalue weighted by molar-refractivity contribution is -0.123. The van der Waals surface area contributed by atoms with E-state index in [1.54, 1.807) is 0 Å². The fourth-order valence-electron chi connectivity index (χ4n) is 2.53. The Labute approximate surface area is 108 Å². The summed E-state index contributed by atoms with van der Waals surface area (Å²) < 4.78 is 0. The number of halogens is 1. The van der Waals surface area contributed by atoms with E-state index in [4.69, 9.17) is 11.6 Å². The third-order valence-corrected chi connectivity index (χ3v) is 4.01. The zero-order valence-electron chi connectivity index (χ0n) is 10.3. The van der Waals surface area contributed by atoms with Crippen molar-refractivity contribution in [2.45, 2.75) is 39.0 Å². The quantitative estimate of drug-likeness (QED) is 0.783. The molecule has 0 aliphatic heterocycles. The summed E-state index contributed by atoms with van der Waals surface area (Å²) in [5, 5.41) is 0.729. The van der Waals surface area contributed by atoms with Gasteiger partial charge >= 0.3 is 0 Å². The number of hydrogen-bond acceptors (Lipinski definition) is 1. The number of hydrogen-bond donors (Lipinski definition) is 0. The van der Waals surface area contributed by atoms with Crippen molar-refractivity contribution in [3.8, 4) is 0 Å². The lowest BCUT2D eigenvalue weighted by atomic mass is 9.80. The van der Waals surface area contributed by atoms with Crippen LogP contribution in [0.25, 0.3) is 0 Å². The molecule has 2 heteroatoms. The van der Waals surface area contributed by atoms with Crippen LogP contribution in [-0.4, -0.2) is 5.78 Å². The Hall–Kier alpha value is -0.820. The van der Waals surface area contributed by atoms with Crippen molar-refractivity contribution >= 4 is 17.4 Å². The van der Waals surface area contributed by atoms with Crippen LogP contribution in [-0.2, 0) is 11.2 Å². The third-order valence-electron chi connectivity index (χ3n) is 3.76. The minimum Gasteiger partial charge on any atom is -0.299 e. The number of carbonyl (C=O) groups is 1. The minimum atomic E-state index is 0.293. The maximum absolute atomic E-state index is 12.1. The molecule has 1 aliphatic carbocycles. The third kappa shape index (κ3) is 3.57. The molecule has 0 aromatic heterocycles. The first-order chi connectivity index (χ1) is 8.15. The van der Waals surface area contributed by atoms with Crippen LogP contribution in [0.5, 0.6) is 0 Å². The van der Waals surface area contributed by atoms with Crippen molar-refractivity contribution in [2.75, 3.05) is 0 Å². The molecule has 1 aromatic rings. The molecule has 17 heavy (non-hydrogen) atoms. The van der Waals surface area contributed by atoms with Gasteiger partial charge in [-0.2, -0.15) is 0 Å². The van der Waals surface area contributed by atoms with Gasteiger partial charge in [0.25, 0.3) is 0 Å². The highest BCUT2D eigenvalue weighted by atomic mass is 35.5. The lowest BCUT2D eigenvalue weighted by Crippen LogP contribution is -2.22. The van der Waals surface area contributed by atoms with E-state index in [-0.39, 0.29) is 0 Å². The predicted octanol–water partition coefficient (Wildman–Crippen LogP) is 4.28. The molecule has 1 fully saturated rings. The van der Waals surface area contributed by atoms with Gasteiger partial charge in [-0.1, -0.05) is 43.5 Å². The van der Waals surface area contributed by atoms with E-state index >= 15 is 0 Å². The zero-order valence-corrected chi connectivity index (χ0v) is 11.0. The van der Waals surface area contributed by atoms with Crippen LogP contribution >= 0.6 is 11.6 Å². The van der Waals surface area contributed by atoms with Crippen molar-refractivity contribution < 1.29 is 4.79 Å². The smallest absolute Gasteiger partial charge is 0.140 e. The first-order valence-electron chi connectivity index (χ1n) is 6.42. The second kappa shape index (κ2) is 5.68. The van der Waals surface area contributed by atoms with Gasteiger partial charge in [-0.25, -0.2) is 0 Å². The fourth-order valence-corrected chi connectivity index (χ4v) is 2.66. The van der Waals surface area contributed by atoms with E-state index in [9.17, 15) is 4.79 Å². The fraction of sp³-hybridized carbons (Fsp3) is 0.533. The average Bonchev–Trinajstić information content (AvgIpc) is 2.33. The Morgan fingerprint density at radius 3 is 2.35 bits per heavy atom. The summed E-state index contributed by atoms with van der Waals surface area (Å²) in [6.45, 7) is 2.28. The standard InChI is InChI=1S/C15H19ClO/c1-11-2-6-13(7-3-11)15(17)10-12-4-8-14(16)9-5-12/h4-5,8-9,11,13H,2-3,6-7,10H2,1H3. The summed E-state index contributed by atoms with van der Waals surface area (Å²) in [7, 11) is 0. The Kier molecular flexibility index (Phi) is 4.22. The molecule has 2 rings (SSSR count). The van der Waals surface area contributed by atoms with Gasteiger partial charge in [-0.3, -0.25) is 4.79 Å². The molecule has 92 valence electrons. The maximum Gasteiger partial charge on any atom is 0.140 e. The first kappa shape index (κ1) is 12.6. The van der Waals surface area contributed by atoms with Gasteiger partial charge < -0.3 is 0 Å². The van der Waals surface area contributed by atoms with E-state index in [2.05, 4.69) is 6.92 Å². The summed E-state index contributed by atoms with van der Waals surface area (Å²) in [5.41, 5.74) is 1.08. The summed E-state index contributed by atoms with van der Waals surface area (Å²) in [4.78, 5) is 12.1. The number of benzene rings is 1. The van der Waals surface area contributed by atoms with Crippen molar-refractivity contribution in [1.29, 1.82) is 0 Å². The molecule has 0 bridgehead atoms. The van der Waals surface area contributed by atoms with E-state index in [1.807, 2.05) is 24.3 Å². The number of ketones is 1. The van der Waals surface area contributed by atoms with E-state index < -0.39 is 0 Å². The van der Waals surface area contributed by atoms with Crippen LogP contribution in [0.15, 0.2) is 24.3 Å². The Balaban J connectivity index is 1.90. The van der Waals surface area contributed by atoms with Gasteiger partial charge in [0.2, 0.25) is 0 Å². The van der Waals surface area contributed by atoms with Crippen LogP contribution in [0.3, 0.4) is 0 Å². The average molecular weight is 251 g/mol. The topological polar surface area (TPSA) is 17.1 Å². The lowest BCUT2D eigenvalue weighted by Gasteiger charge is -2.25. The molecule has 0 radical (unpaired) electrons. The van der Waals surface area contributed by atoms with Crippen LogP contribution in [0.1, 0.15) is 38.2 Å². The Morgan fingerprint density at radius 1 is 1.18 bits per heavy atom. The second-order valence-corrected chi connectivity index (χ2v) is 5.66. The molecular formula is C15H19ClO. The van der Waals surface area contributed by atoms with Crippen molar-refractivity contribution in [1.82, 2.24) is 0 Å². The van der Waals surface area contributed by atoms with Gasteiger partial charge in [0.15, 0.2) is 0 Å². The van der Waals surface area contributed by atoms with Crippen LogP contribution in [0, 0.1) is 11.8 Å². The van der Waals surface area contributed by atoms with Gasteiger partial charge in [0, 0.05) is 17.4 Å². The molecule has 0 heterocycles. The molecular weight excluding hydrogens is 232 g/mol. The molecule has 1 saturated carbocycles. The van der Waals surface area contributed by atoms with Crippen molar-refractivity contribution in [3.63, 3.8) is 0 Å². The summed E-state index contributed by atoms with van der Waals surface area (Å²) >= 11 is 5.83. The minimum absolute atomic E-state index is 0.293. The monoisotopic (exact) mass is 250 g/mol. The second-order valence-electron chi connectivity index (χ2n) is 5.23. The normalized spacial score (nSPS) is 24.6. The predicted molar refractivity (Wildman–Crippen MR) is 71.3 cm³/mol. The molecule has 0 spiro atoms. The number of carbonyl (C=O) groups excluding carboxylic acids is 1. The molecule has 0 unspecified atom stereocenters. The van der Waals surface area contributed by atoms with E-state index in [0.29, 0.717) is 18.1 Å². The SMILES string of the molecule is CC1CCC(C(=O)Cc2ccc(Cl)cc2)CC1. The largest absolute Gasteiger partial charge is 0.299 e. The Morgan fingerprint density at radius 2 is 1.76 bits per heavy atom. The summed E-state index contributed by atoms with van der Waals surface area (Å²) in [6, 6.07) is 7.61. The molecule has 1 aromatic carbocycles. The van der Waals surface area contributed by atoms with E-state index in [1.165, 1.54) is 12.8 Å². The van der Waals surface area contributed by atoms with Crippen LogP contribution < -0.4 is 0 Å². The van der Waals surface area contributed by atoms with Gasteiger partial charge in [0.1, 0.15) is 5.78 Å². The zero-order chi connectivity index (χ0) is 12.3. The highest BCUT2D eigenvalue weighted by Crippen LogP contribution is 2.29. The molecule has 0 saturated heterocycles. The van der Waals surface area contributed by atoms with Crippen molar-refractivity contribution in [2.24, 2.45) is 11.8 Å². The first-order valence-corrected chi connectivity index (χ1v) is 6.80. The highest BCUT2D eigenvalue weighted by Gasteiger charge is 2.23. The van der Waals surface area contributed by atoms with Crippen LogP contribution in [0.4, 0.5) is 0 Å². The molecule has 0 atom stereocenters. The summed E-state index contributed by atoms with van der Waals surface area (Å²) in [6.07, 6.45) is 5.13. The number of rotatable bonds is 3. The van der Waals surface area contributed by atoms with Crippen molar-refractivity contribution in [3.05, 3.63) is 34.9 Å². The van der Waals surface area contributed by atoms with E-state index in [0.717, 1.165) is 29.3 Å². The highest BCUT2D eigenvalue weighted by molar-refractivity contribution is 6.30. The molecule has 0 N–H and O–H groups in total. The molecule has 1 nitrogen and oxygen atoms in total. The van der Waals surface area contributed by atoms with Gasteiger partial charge in [-0.05, 0) is 36.5 Å². The van der Waals surface area contributed by atoms with Crippen LogP contribution in [0.2, 0.25) is 5.02 Å². The van der Waals surface area contributed by atoms with Gasteiger partial charge in [0.05, 0.1) is 0 Å². The number of Topliss-reactive ketones (excluding diaryl/α,β-unsaturated/α-hetero) is 1. The Bertz CT molecular complexity index is 374. The summed E-state index contributed by atoms with van der Waals surface area (Å²) in [5.74, 6) is 1.50. The molecule has 1 aliphatic rings. The maximum atomic E-state index is 12.1. The molecule has 0 amide bonds.